The van der Waals surface area contributed by atoms with Gasteiger partial charge in [-0.15, -0.1) is 0 Å². The fourth-order valence-electron chi connectivity index (χ4n) is 2.60. The second-order valence-corrected chi connectivity index (χ2v) is 5.78. The van der Waals surface area contributed by atoms with Gasteiger partial charge >= 0.3 is 6.09 Å². The number of hydrogen-bond acceptors (Lipinski definition) is 3. The van der Waals surface area contributed by atoms with Gasteiger partial charge in [0.05, 0.1) is 0 Å². The Morgan fingerprint density at radius 1 is 1.25 bits per heavy atom. The summed E-state index contributed by atoms with van der Waals surface area (Å²) in [6.45, 7) is 7.58. The van der Waals surface area contributed by atoms with E-state index >= 15 is 0 Å². The number of carbonyl (C=O) groups excluding carboxylic acids is 1. The van der Waals surface area contributed by atoms with Crippen molar-refractivity contribution in [1.29, 1.82) is 0 Å². The van der Waals surface area contributed by atoms with E-state index in [1.807, 2.05) is 25.7 Å². The second-order valence-electron chi connectivity index (χ2n) is 5.78. The number of nitrogens with one attached hydrogen (secondary N) is 1. The van der Waals surface area contributed by atoms with Crippen LogP contribution < -0.4 is 5.32 Å². The van der Waals surface area contributed by atoms with Crippen molar-refractivity contribution in [2.45, 2.75) is 57.7 Å². The number of piperidine rings is 1. The number of fused-ring (bicyclic) bond motifs is 2. The van der Waals surface area contributed by atoms with Gasteiger partial charge in [0.15, 0.2) is 0 Å². The fraction of sp³-hybridized carbons (Fsp3) is 0.917. The van der Waals surface area contributed by atoms with Gasteiger partial charge in [-0.1, -0.05) is 0 Å². The van der Waals surface area contributed by atoms with Crippen molar-refractivity contribution in [3.63, 3.8) is 0 Å². The number of amides is 1. The summed E-state index contributed by atoms with van der Waals surface area (Å²) < 4.78 is 5.47. The van der Waals surface area contributed by atoms with Gasteiger partial charge in [-0.2, -0.15) is 0 Å². The highest BCUT2D eigenvalue weighted by atomic mass is 16.6. The molecule has 1 amide bonds. The number of hydrogen-bond donors (Lipinski definition) is 1. The number of piperazine rings is 1. The molecule has 1 N–H and O–H groups in total. The second kappa shape index (κ2) is 4.24. The first kappa shape index (κ1) is 11.7. The van der Waals surface area contributed by atoms with E-state index in [2.05, 4.69) is 5.32 Å². The number of carbonyl (C=O) groups is 1. The fourth-order valence-corrected chi connectivity index (χ4v) is 2.60. The number of ether oxygens (including phenoxy) is 1. The third-order valence-corrected chi connectivity index (χ3v) is 3.23. The predicted molar refractivity (Wildman–Crippen MR) is 62.4 cm³/mol. The van der Waals surface area contributed by atoms with Crippen LogP contribution in [-0.2, 0) is 4.74 Å². The van der Waals surface area contributed by atoms with Crippen LogP contribution >= 0.6 is 0 Å². The Labute approximate surface area is 97.3 Å². The minimum Gasteiger partial charge on any atom is -0.444 e. The SMILES string of the molecule is CC(C)(C)OC(=O)N1[C@@H]2CCC[C@H]1CNC2. The minimum atomic E-state index is -0.393. The van der Waals surface area contributed by atoms with Crippen molar-refractivity contribution >= 4 is 6.09 Å². The summed E-state index contributed by atoms with van der Waals surface area (Å²) in [4.78, 5) is 14.1. The van der Waals surface area contributed by atoms with Gasteiger partial charge in [0.1, 0.15) is 5.60 Å². The molecule has 2 aliphatic rings. The van der Waals surface area contributed by atoms with Crippen LogP contribution in [0.25, 0.3) is 0 Å². The van der Waals surface area contributed by atoms with Gasteiger partial charge < -0.3 is 10.1 Å². The van der Waals surface area contributed by atoms with Crippen molar-refractivity contribution in [2.24, 2.45) is 0 Å². The van der Waals surface area contributed by atoms with E-state index in [0.29, 0.717) is 12.1 Å². The Bertz CT molecular complexity index is 251. The minimum absolute atomic E-state index is 0.135. The van der Waals surface area contributed by atoms with Crippen LogP contribution in [-0.4, -0.2) is 41.8 Å². The van der Waals surface area contributed by atoms with Crippen LogP contribution in [0.15, 0.2) is 0 Å². The van der Waals surface area contributed by atoms with Gasteiger partial charge in [-0.25, -0.2) is 4.79 Å². The quantitative estimate of drug-likeness (QED) is 0.684. The van der Waals surface area contributed by atoms with Crippen molar-refractivity contribution < 1.29 is 9.53 Å². The first-order chi connectivity index (χ1) is 7.47. The first-order valence-corrected chi connectivity index (χ1v) is 6.19. The largest absolute Gasteiger partial charge is 0.444 e. The summed E-state index contributed by atoms with van der Waals surface area (Å²) in [5, 5.41) is 3.39. The molecule has 2 atom stereocenters. The Morgan fingerprint density at radius 3 is 2.31 bits per heavy atom. The molecule has 2 rings (SSSR count). The molecular weight excluding hydrogens is 204 g/mol. The molecule has 0 aliphatic carbocycles. The molecule has 0 spiro atoms. The highest BCUT2D eigenvalue weighted by Gasteiger charge is 2.38. The number of rotatable bonds is 0. The van der Waals surface area contributed by atoms with Crippen molar-refractivity contribution in [1.82, 2.24) is 10.2 Å². The molecule has 2 bridgehead atoms. The van der Waals surface area contributed by atoms with Gasteiger partial charge in [0, 0.05) is 25.2 Å². The van der Waals surface area contributed by atoms with E-state index in [9.17, 15) is 4.79 Å². The molecule has 0 unspecified atom stereocenters. The smallest absolute Gasteiger partial charge is 0.410 e. The monoisotopic (exact) mass is 226 g/mol. The normalized spacial score (nSPS) is 30.1. The Morgan fingerprint density at radius 2 is 1.81 bits per heavy atom. The Balaban J connectivity index is 2.04. The van der Waals surface area contributed by atoms with Crippen molar-refractivity contribution in [3.8, 4) is 0 Å². The lowest BCUT2D eigenvalue weighted by Crippen LogP contribution is -2.62. The van der Waals surface area contributed by atoms with E-state index in [0.717, 1.165) is 25.9 Å². The summed E-state index contributed by atoms with van der Waals surface area (Å²) >= 11 is 0. The molecule has 0 saturated carbocycles. The van der Waals surface area contributed by atoms with Gasteiger partial charge in [0.2, 0.25) is 0 Å². The van der Waals surface area contributed by atoms with E-state index in [4.69, 9.17) is 4.74 Å². The predicted octanol–water partition coefficient (Wildman–Crippen LogP) is 1.75. The van der Waals surface area contributed by atoms with E-state index < -0.39 is 5.60 Å². The van der Waals surface area contributed by atoms with Crippen LogP contribution in [0.1, 0.15) is 40.0 Å². The molecule has 2 aliphatic heterocycles. The summed E-state index contributed by atoms with van der Waals surface area (Å²) in [5.41, 5.74) is -0.393. The van der Waals surface area contributed by atoms with Crippen molar-refractivity contribution in [3.05, 3.63) is 0 Å². The number of nitrogens with zero attached hydrogens (tertiary/aromatic N) is 1. The van der Waals surface area contributed by atoms with Crippen LogP contribution in [0.2, 0.25) is 0 Å². The van der Waals surface area contributed by atoms with Gasteiger partial charge in [0.25, 0.3) is 0 Å². The molecule has 0 aromatic heterocycles. The highest BCUT2D eigenvalue weighted by Crippen LogP contribution is 2.27. The van der Waals surface area contributed by atoms with Crippen molar-refractivity contribution in [2.75, 3.05) is 13.1 Å². The topological polar surface area (TPSA) is 41.6 Å². The molecule has 0 aromatic carbocycles. The molecule has 92 valence electrons. The maximum Gasteiger partial charge on any atom is 0.410 e. The standard InChI is InChI=1S/C12H22N2O2/c1-12(2,3)16-11(15)14-9-5-4-6-10(14)8-13-7-9/h9-10,13H,4-8H2,1-3H3/t9-,10+. The van der Waals surface area contributed by atoms with E-state index in [1.54, 1.807) is 0 Å². The molecule has 0 aromatic rings. The van der Waals surface area contributed by atoms with Crippen LogP contribution in [0, 0.1) is 0 Å². The molecule has 4 nitrogen and oxygen atoms in total. The van der Waals surface area contributed by atoms with Crippen LogP contribution in [0.5, 0.6) is 0 Å². The third kappa shape index (κ3) is 2.48. The van der Waals surface area contributed by atoms with Crippen LogP contribution in [0.4, 0.5) is 4.79 Å². The summed E-state index contributed by atoms with van der Waals surface area (Å²) in [5.74, 6) is 0. The average Bonchev–Trinajstić information content (AvgIpc) is 2.13. The molecule has 0 radical (unpaired) electrons. The molecule has 2 saturated heterocycles. The van der Waals surface area contributed by atoms with Gasteiger partial charge in [-0.3, -0.25) is 4.90 Å². The molecule has 2 heterocycles. The summed E-state index contributed by atoms with van der Waals surface area (Å²) in [7, 11) is 0. The summed E-state index contributed by atoms with van der Waals surface area (Å²) in [6.07, 6.45) is 3.30. The molecule has 2 fully saturated rings. The van der Waals surface area contributed by atoms with E-state index in [1.165, 1.54) is 6.42 Å². The zero-order valence-corrected chi connectivity index (χ0v) is 10.5. The highest BCUT2D eigenvalue weighted by molar-refractivity contribution is 5.69. The molecule has 16 heavy (non-hydrogen) atoms. The first-order valence-electron chi connectivity index (χ1n) is 6.19. The lowest BCUT2D eigenvalue weighted by atomic mass is 9.93. The Kier molecular flexibility index (Phi) is 3.10. The maximum atomic E-state index is 12.1. The Hall–Kier alpha value is -0.770. The molecular formula is C12H22N2O2. The third-order valence-electron chi connectivity index (χ3n) is 3.23. The average molecular weight is 226 g/mol. The zero-order valence-electron chi connectivity index (χ0n) is 10.5. The zero-order chi connectivity index (χ0) is 11.8. The lowest BCUT2D eigenvalue weighted by Gasteiger charge is -2.46. The molecule has 4 heteroatoms. The maximum absolute atomic E-state index is 12.1. The van der Waals surface area contributed by atoms with Crippen LogP contribution in [0.3, 0.4) is 0 Å². The van der Waals surface area contributed by atoms with E-state index in [-0.39, 0.29) is 6.09 Å². The summed E-state index contributed by atoms with van der Waals surface area (Å²) in [6, 6.07) is 0.671. The van der Waals surface area contributed by atoms with Gasteiger partial charge in [-0.05, 0) is 40.0 Å². The lowest BCUT2D eigenvalue weighted by molar-refractivity contribution is -0.0135.